The summed E-state index contributed by atoms with van der Waals surface area (Å²) < 4.78 is 28.6. The van der Waals surface area contributed by atoms with Crippen LogP contribution in [0.1, 0.15) is 5.69 Å². The third-order valence-electron chi connectivity index (χ3n) is 2.30. The van der Waals surface area contributed by atoms with Gasteiger partial charge in [0.05, 0.1) is 15.9 Å². The Morgan fingerprint density at radius 2 is 2.00 bits per heavy atom. The zero-order valence-corrected chi connectivity index (χ0v) is 10.8. The van der Waals surface area contributed by atoms with Crippen molar-refractivity contribution in [1.29, 1.82) is 0 Å². The first-order valence-electron chi connectivity index (χ1n) is 4.91. The van der Waals surface area contributed by atoms with E-state index in [1.807, 2.05) is 0 Å². The minimum absolute atomic E-state index is 0.210. The van der Waals surface area contributed by atoms with E-state index in [0.717, 1.165) is 11.8 Å². The molecule has 2 rings (SSSR count). The molecular formula is C11H10BrF2N3. The van der Waals surface area contributed by atoms with Crippen molar-refractivity contribution in [2.45, 2.75) is 6.92 Å². The van der Waals surface area contributed by atoms with Gasteiger partial charge in [-0.25, -0.2) is 13.8 Å². The van der Waals surface area contributed by atoms with Gasteiger partial charge in [-0.05, 0) is 28.9 Å². The van der Waals surface area contributed by atoms with Gasteiger partial charge in [-0.2, -0.15) is 0 Å². The maximum Gasteiger partial charge on any atom is 0.207 e. The first-order chi connectivity index (χ1) is 8.02. The Morgan fingerprint density at radius 1 is 1.29 bits per heavy atom. The molecule has 1 aromatic carbocycles. The molecule has 0 saturated carbocycles. The van der Waals surface area contributed by atoms with E-state index in [2.05, 4.69) is 26.2 Å². The Hall–Kier alpha value is -1.43. The molecule has 1 heterocycles. The summed E-state index contributed by atoms with van der Waals surface area (Å²) in [7, 11) is 1.69. The minimum Gasteiger partial charge on any atom is -0.358 e. The lowest BCUT2D eigenvalue weighted by Gasteiger charge is -2.09. The smallest absolute Gasteiger partial charge is 0.207 e. The van der Waals surface area contributed by atoms with E-state index in [1.54, 1.807) is 20.2 Å². The maximum absolute atomic E-state index is 13.7. The van der Waals surface area contributed by atoms with Crippen molar-refractivity contribution in [3.05, 3.63) is 40.1 Å². The summed E-state index contributed by atoms with van der Waals surface area (Å²) in [5.74, 6) is -0.770. The highest BCUT2D eigenvalue weighted by molar-refractivity contribution is 9.10. The second-order valence-corrected chi connectivity index (χ2v) is 4.40. The van der Waals surface area contributed by atoms with Crippen molar-refractivity contribution in [3.8, 4) is 5.69 Å². The van der Waals surface area contributed by atoms with Gasteiger partial charge < -0.3 is 5.32 Å². The molecule has 3 nitrogen and oxygen atoms in total. The van der Waals surface area contributed by atoms with E-state index < -0.39 is 11.6 Å². The van der Waals surface area contributed by atoms with Crippen molar-refractivity contribution in [1.82, 2.24) is 9.55 Å². The number of benzene rings is 1. The molecule has 2 aromatic rings. The van der Waals surface area contributed by atoms with Crippen LogP contribution in [0.4, 0.5) is 14.7 Å². The second-order valence-electron chi connectivity index (χ2n) is 3.54. The normalized spacial score (nSPS) is 10.6. The second kappa shape index (κ2) is 4.44. The van der Waals surface area contributed by atoms with Crippen LogP contribution in [0.25, 0.3) is 5.69 Å². The van der Waals surface area contributed by atoms with Crippen molar-refractivity contribution < 1.29 is 8.78 Å². The summed E-state index contributed by atoms with van der Waals surface area (Å²) in [5.41, 5.74) is 0.984. The number of imidazole rings is 1. The van der Waals surface area contributed by atoms with Crippen LogP contribution in [-0.4, -0.2) is 16.6 Å². The Balaban J connectivity index is 2.63. The molecule has 0 fully saturated rings. The van der Waals surface area contributed by atoms with Crippen molar-refractivity contribution in [2.24, 2.45) is 0 Å². The Kier molecular flexibility index (Phi) is 3.15. The molecule has 0 amide bonds. The number of halogens is 3. The number of rotatable bonds is 2. The first-order valence-corrected chi connectivity index (χ1v) is 5.71. The molecule has 1 aromatic heterocycles. The molecule has 0 atom stereocenters. The largest absolute Gasteiger partial charge is 0.358 e. The molecule has 17 heavy (non-hydrogen) atoms. The number of nitrogens with zero attached hydrogens (tertiary/aromatic N) is 2. The lowest BCUT2D eigenvalue weighted by Crippen LogP contribution is -2.03. The highest BCUT2D eigenvalue weighted by Gasteiger charge is 2.13. The van der Waals surface area contributed by atoms with Gasteiger partial charge in [-0.1, -0.05) is 0 Å². The molecule has 0 radical (unpaired) electrons. The predicted molar refractivity (Wildman–Crippen MR) is 65.5 cm³/mol. The van der Waals surface area contributed by atoms with Gasteiger partial charge in [0.15, 0.2) is 0 Å². The van der Waals surface area contributed by atoms with Gasteiger partial charge in [-0.15, -0.1) is 0 Å². The van der Waals surface area contributed by atoms with E-state index in [-0.39, 0.29) is 10.2 Å². The zero-order chi connectivity index (χ0) is 12.6. The van der Waals surface area contributed by atoms with E-state index in [0.29, 0.717) is 5.95 Å². The van der Waals surface area contributed by atoms with E-state index in [4.69, 9.17) is 0 Å². The van der Waals surface area contributed by atoms with Crippen molar-refractivity contribution in [3.63, 3.8) is 0 Å². The summed E-state index contributed by atoms with van der Waals surface area (Å²) in [6, 6.07) is 2.22. The highest BCUT2D eigenvalue weighted by Crippen LogP contribution is 2.25. The maximum atomic E-state index is 13.7. The van der Waals surface area contributed by atoms with Gasteiger partial charge in [0, 0.05) is 19.3 Å². The minimum atomic E-state index is -0.639. The molecule has 0 aliphatic carbocycles. The highest BCUT2D eigenvalue weighted by atomic mass is 79.9. The molecule has 90 valence electrons. The number of aromatic nitrogens is 2. The van der Waals surface area contributed by atoms with Crippen molar-refractivity contribution >= 4 is 21.9 Å². The average Bonchev–Trinajstić information content (AvgIpc) is 2.64. The topological polar surface area (TPSA) is 29.9 Å². The molecule has 0 saturated heterocycles. The van der Waals surface area contributed by atoms with E-state index in [9.17, 15) is 8.78 Å². The number of anilines is 1. The molecule has 0 aliphatic heterocycles. The van der Waals surface area contributed by atoms with Crippen LogP contribution in [0.15, 0.2) is 22.8 Å². The molecular weight excluding hydrogens is 292 g/mol. The van der Waals surface area contributed by atoms with Gasteiger partial charge in [0.2, 0.25) is 5.95 Å². The summed E-state index contributed by atoms with van der Waals surface area (Å²) in [6.45, 7) is 1.80. The van der Waals surface area contributed by atoms with Gasteiger partial charge in [0.25, 0.3) is 0 Å². The fourth-order valence-electron chi connectivity index (χ4n) is 1.55. The van der Waals surface area contributed by atoms with Gasteiger partial charge >= 0.3 is 0 Å². The zero-order valence-electron chi connectivity index (χ0n) is 9.26. The number of aryl methyl sites for hydroxylation is 1. The SMILES string of the molecule is CNc1nc(C)cn1-c1cc(Br)c(F)cc1F. The molecule has 0 unspecified atom stereocenters. The standard InChI is InChI=1S/C11H10BrF2N3/c1-6-5-17(11(15-2)16-6)10-3-7(12)8(13)4-9(10)14/h3-5H,1-2H3,(H,15,16). The predicted octanol–water partition coefficient (Wildman–Crippen LogP) is 3.26. The summed E-state index contributed by atoms with van der Waals surface area (Å²) in [5, 5.41) is 2.85. The van der Waals surface area contributed by atoms with Crippen LogP contribution in [0.5, 0.6) is 0 Å². The van der Waals surface area contributed by atoms with Crippen LogP contribution >= 0.6 is 15.9 Å². The van der Waals surface area contributed by atoms with E-state index >= 15 is 0 Å². The number of hydrogen-bond donors (Lipinski definition) is 1. The van der Waals surface area contributed by atoms with Crippen LogP contribution in [0.2, 0.25) is 0 Å². The molecule has 0 spiro atoms. The van der Waals surface area contributed by atoms with Crippen LogP contribution in [-0.2, 0) is 0 Å². The molecule has 6 heteroatoms. The fourth-order valence-corrected chi connectivity index (χ4v) is 1.89. The lowest BCUT2D eigenvalue weighted by molar-refractivity contribution is 0.574. The summed E-state index contributed by atoms with van der Waals surface area (Å²) in [6.07, 6.45) is 1.68. The molecule has 0 aliphatic rings. The Morgan fingerprint density at radius 3 is 2.65 bits per heavy atom. The van der Waals surface area contributed by atoms with Crippen LogP contribution < -0.4 is 5.32 Å². The number of hydrogen-bond acceptors (Lipinski definition) is 2. The third-order valence-corrected chi connectivity index (χ3v) is 2.91. The van der Waals surface area contributed by atoms with Crippen LogP contribution in [0, 0.1) is 18.6 Å². The Labute approximate surface area is 106 Å². The van der Waals surface area contributed by atoms with Crippen LogP contribution in [0.3, 0.4) is 0 Å². The molecule has 0 bridgehead atoms. The fraction of sp³-hybridized carbons (Fsp3) is 0.182. The first kappa shape index (κ1) is 12.0. The number of nitrogens with one attached hydrogen (secondary N) is 1. The Bertz CT molecular complexity index is 566. The monoisotopic (exact) mass is 301 g/mol. The third kappa shape index (κ3) is 2.17. The average molecular weight is 302 g/mol. The molecule has 1 N–H and O–H groups in total. The summed E-state index contributed by atoms with van der Waals surface area (Å²) in [4.78, 5) is 4.17. The van der Waals surface area contributed by atoms with Gasteiger partial charge in [-0.3, -0.25) is 4.57 Å². The van der Waals surface area contributed by atoms with Crippen molar-refractivity contribution in [2.75, 3.05) is 12.4 Å². The lowest BCUT2D eigenvalue weighted by atomic mass is 10.3. The van der Waals surface area contributed by atoms with Gasteiger partial charge in [0.1, 0.15) is 11.6 Å². The quantitative estimate of drug-likeness (QED) is 0.863. The van der Waals surface area contributed by atoms with E-state index in [1.165, 1.54) is 10.6 Å². The summed E-state index contributed by atoms with van der Waals surface area (Å²) >= 11 is 3.03.